The van der Waals surface area contributed by atoms with E-state index in [1.807, 2.05) is 19.2 Å². The molecule has 1 aliphatic rings. The van der Waals surface area contributed by atoms with E-state index < -0.39 is 14.8 Å². The lowest BCUT2D eigenvalue weighted by Gasteiger charge is -2.30. The quantitative estimate of drug-likeness (QED) is 0.434. The molecule has 1 aliphatic carbocycles. The van der Waals surface area contributed by atoms with Crippen molar-refractivity contribution in [2.24, 2.45) is 11.3 Å². The second-order valence-electron chi connectivity index (χ2n) is 5.39. The molecule has 1 N–H and O–H groups in total. The van der Waals surface area contributed by atoms with Crippen molar-refractivity contribution in [1.82, 2.24) is 0 Å². The monoisotopic (exact) mass is 213 g/mol. The molecule has 0 aromatic carbocycles. The molecule has 0 fully saturated rings. The first-order valence-electron chi connectivity index (χ1n) is 5.14. The fourth-order valence-electron chi connectivity index (χ4n) is 1.74. The van der Waals surface area contributed by atoms with E-state index in [2.05, 4.69) is 26.8 Å². The van der Waals surface area contributed by atoms with Crippen LogP contribution in [0.5, 0.6) is 0 Å². The smallest absolute Gasteiger partial charge is 0.209 e. The maximum absolute atomic E-state index is 10.1. The van der Waals surface area contributed by atoms with E-state index in [1.165, 1.54) is 0 Å². The lowest BCUT2D eigenvalue weighted by Crippen LogP contribution is -2.35. The molecule has 0 spiro atoms. The van der Waals surface area contributed by atoms with Crippen LogP contribution in [0.3, 0.4) is 0 Å². The van der Waals surface area contributed by atoms with Gasteiger partial charge in [0.05, 0.1) is 0 Å². The van der Waals surface area contributed by atoms with Crippen molar-refractivity contribution < 1.29 is 9.53 Å². The van der Waals surface area contributed by atoms with Gasteiger partial charge in [0.1, 0.15) is 0 Å². The van der Waals surface area contributed by atoms with E-state index in [0.717, 1.165) is 0 Å². The average Bonchev–Trinajstić information content (AvgIpc) is 2.28. The maximum Gasteiger partial charge on any atom is 0.209 e. The minimum absolute atomic E-state index is 0.207. The number of rotatable bonds is 2. The van der Waals surface area contributed by atoms with Crippen LogP contribution in [0.1, 0.15) is 27.2 Å². The van der Waals surface area contributed by atoms with Crippen molar-refractivity contribution in [2.75, 3.05) is 0 Å². The second kappa shape index (κ2) is 3.80. The predicted molar refractivity (Wildman–Crippen MR) is 60.2 cm³/mol. The molecule has 2 unspecified atom stereocenters. The first-order chi connectivity index (χ1) is 6.23. The zero-order valence-corrected chi connectivity index (χ0v) is 10.8. The van der Waals surface area contributed by atoms with Crippen molar-refractivity contribution in [2.45, 2.75) is 46.1 Å². The van der Waals surface area contributed by atoms with Crippen LogP contribution in [0.4, 0.5) is 0 Å². The molecule has 0 saturated carbocycles. The molecule has 1 rings (SSSR count). The SMILES string of the molecule is C[Si](C)OC1(O)C=CC(C(C)(C)C)C1. The summed E-state index contributed by atoms with van der Waals surface area (Å²) in [5.41, 5.74) is 0.207. The normalized spacial score (nSPS) is 32.9. The number of allylic oxidation sites excluding steroid dienone is 1. The molecule has 0 saturated heterocycles. The summed E-state index contributed by atoms with van der Waals surface area (Å²) < 4.78 is 5.59. The third-order valence-corrected chi connectivity index (χ3v) is 3.36. The summed E-state index contributed by atoms with van der Waals surface area (Å²) >= 11 is 0. The van der Waals surface area contributed by atoms with Crippen LogP contribution in [0.2, 0.25) is 13.1 Å². The van der Waals surface area contributed by atoms with Gasteiger partial charge >= 0.3 is 0 Å². The molecular formula is C11H21O2Si. The fourth-order valence-corrected chi connectivity index (χ4v) is 2.60. The standard InChI is InChI=1S/C11H21O2Si/c1-10(2,3)9-6-7-11(12,8-9)13-14(4)5/h6-7,9,12H,8H2,1-5H3. The third kappa shape index (κ3) is 2.94. The van der Waals surface area contributed by atoms with E-state index in [1.54, 1.807) is 0 Å². The Morgan fingerprint density at radius 2 is 2.00 bits per heavy atom. The van der Waals surface area contributed by atoms with Crippen LogP contribution >= 0.6 is 0 Å². The molecule has 0 amide bonds. The zero-order chi connectivity index (χ0) is 11.0. The fraction of sp³-hybridized carbons (Fsp3) is 0.818. The first-order valence-corrected chi connectivity index (χ1v) is 7.55. The molecule has 0 aromatic heterocycles. The summed E-state index contributed by atoms with van der Waals surface area (Å²) in [6, 6.07) is 0. The highest BCUT2D eigenvalue weighted by Crippen LogP contribution is 2.39. The van der Waals surface area contributed by atoms with Crippen molar-refractivity contribution in [3.8, 4) is 0 Å². The molecular weight excluding hydrogens is 192 g/mol. The van der Waals surface area contributed by atoms with Gasteiger partial charge in [-0.05, 0) is 30.5 Å². The van der Waals surface area contributed by atoms with Crippen LogP contribution < -0.4 is 0 Å². The second-order valence-corrected chi connectivity index (χ2v) is 7.41. The van der Waals surface area contributed by atoms with Crippen molar-refractivity contribution in [3.63, 3.8) is 0 Å². The van der Waals surface area contributed by atoms with E-state index in [0.29, 0.717) is 12.3 Å². The van der Waals surface area contributed by atoms with Gasteiger partial charge in [0.15, 0.2) is 5.79 Å². The molecule has 0 bridgehead atoms. The molecule has 3 heteroatoms. The summed E-state index contributed by atoms with van der Waals surface area (Å²) in [6.45, 7) is 10.7. The van der Waals surface area contributed by atoms with Crippen molar-refractivity contribution in [3.05, 3.63) is 12.2 Å². The largest absolute Gasteiger partial charge is 0.387 e. The Balaban J connectivity index is 2.62. The number of hydrogen-bond donors (Lipinski definition) is 1. The third-order valence-electron chi connectivity index (χ3n) is 2.59. The summed E-state index contributed by atoms with van der Waals surface area (Å²) in [4.78, 5) is 0. The molecule has 0 heterocycles. The van der Waals surface area contributed by atoms with Gasteiger partial charge in [0, 0.05) is 6.42 Å². The van der Waals surface area contributed by atoms with Gasteiger partial charge in [0.25, 0.3) is 0 Å². The summed E-state index contributed by atoms with van der Waals surface area (Å²) in [7, 11) is -0.845. The highest BCUT2D eigenvalue weighted by atomic mass is 28.3. The topological polar surface area (TPSA) is 29.5 Å². The lowest BCUT2D eigenvalue weighted by atomic mass is 9.80. The van der Waals surface area contributed by atoms with Crippen LogP contribution in [0.25, 0.3) is 0 Å². The zero-order valence-electron chi connectivity index (χ0n) is 9.79. The van der Waals surface area contributed by atoms with Gasteiger partial charge in [-0.3, -0.25) is 0 Å². The van der Waals surface area contributed by atoms with E-state index in [9.17, 15) is 5.11 Å². The van der Waals surface area contributed by atoms with Gasteiger partial charge in [-0.1, -0.05) is 26.8 Å². The van der Waals surface area contributed by atoms with Crippen LogP contribution in [0.15, 0.2) is 12.2 Å². The number of hydrogen-bond acceptors (Lipinski definition) is 2. The summed E-state index contributed by atoms with van der Waals surface area (Å²) in [5.74, 6) is -0.579. The molecule has 0 aliphatic heterocycles. The Kier molecular flexibility index (Phi) is 3.24. The molecule has 2 nitrogen and oxygen atoms in total. The van der Waals surface area contributed by atoms with E-state index in [4.69, 9.17) is 4.43 Å². The minimum Gasteiger partial charge on any atom is -0.387 e. The molecule has 1 radical (unpaired) electrons. The Labute approximate surface area is 88.7 Å². The minimum atomic E-state index is -0.990. The van der Waals surface area contributed by atoms with Crippen molar-refractivity contribution >= 4 is 9.04 Å². The van der Waals surface area contributed by atoms with Gasteiger partial charge in [-0.2, -0.15) is 0 Å². The average molecular weight is 213 g/mol. The Hall–Kier alpha value is -0.123. The summed E-state index contributed by atoms with van der Waals surface area (Å²) in [6.07, 6.45) is 4.61. The lowest BCUT2D eigenvalue weighted by molar-refractivity contribution is -0.106. The predicted octanol–water partition coefficient (Wildman–Crippen LogP) is 2.56. The van der Waals surface area contributed by atoms with Gasteiger partial charge in [-0.25, -0.2) is 0 Å². The highest BCUT2D eigenvalue weighted by molar-refractivity contribution is 6.48. The number of aliphatic hydroxyl groups is 1. The Morgan fingerprint density at radius 3 is 2.36 bits per heavy atom. The van der Waals surface area contributed by atoms with Crippen LogP contribution in [-0.2, 0) is 4.43 Å². The molecule has 0 aromatic rings. The highest BCUT2D eigenvalue weighted by Gasteiger charge is 2.38. The van der Waals surface area contributed by atoms with Crippen LogP contribution in [-0.4, -0.2) is 19.9 Å². The molecule has 2 atom stereocenters. The van der Waals surface area contributed by atoms with Gasteiger partial charge in [0.2, 0.25) is 9.04 Å². The molecule has 14 heavy (non-hydrogen) atoms. The first kappa shape index (κ1) is 11.9. The Bertz CT molecular complexity index is 230. The van der Waals surface area contributed by atoms with Gasteiger partial charge in [-0.15, -0.1) is 0 Å². The van der Waals surface area contributed by atoms with E-state index in [-0.39, 0.29) is 5.41 Å². The maximum atomic E-state index is 10.1. The Morgan fingerprint density at radius 1 is 1.43 bits per heavy atom. The van der Waals surface area contributed by atoms with Crippen molar-refractivity contribution in [1.29, 1.82) is 0 Å². The molecule has 81 valence electrons. The summed E-state index contributed by atoms with van der Waals surface area (Å²) in [5, 5.41) is 10.1. The van der Waals surface area contributed by atoms with Gasteiger partial charge < -0.3 is 9.53 Å². The van der Waals surface area contributed by atoms with Crippen LogP contribution in [0, 0.1) is 11.3 Å². The van der Waals surface area contributed by atoms with E-state index >= 15 is 0 Å².